The van der Waals surface area contributed by atoms with Gasteiger partial charge in [0.25, 0.3) is 11.8 Å². The Morgan fingerprint density at radius 2 is 2.12 bits per heavy atom. The van der Waals surface area contributed by atoms with Crippen LogP contribution in [0.5, 0.6) is 5.75 Å². The van der Waals surface area contributed by atoms with Crippen LogP contribution in [-0.2, 0) is 11.3 Å². The van der Waals surface area contributed by atoms with Gasteiger partial charge in [-0.2, -0.15) is 0 Å². The van der Waals surface area contributed by atoms with Gasteiger partial charge in [-0.1, -0.05) is 6.07 Å². The maximum atomic E-state index is 12.4. The molecule has 0 radical (unpaired) electrons. The van der Waals surface area contributed by atoms with E-state index < -0.39 is 0 Å². The van der Waals surface area contributed by atoms with Crippen LogP contribution in [0.1, 0.15) is 33.9 Å². The van der Waals surface area contributed by atoms with Crippen molar-refractivity contribution in [2.24, 2.45) is 0 Å². The number of carbonyl (C=O) groups is 2. The SMILES string of the molecule is Cc1ccc2c(c1)N(Cc1nc(C(=O)N3CCCC3)cs1)C(=O)CO2. The number of likely N-dealkylation sites (tertiary alicyclic amines) is 1. The zero-order valence-corrected chi connectivity index (χ0v) is 14.8. The Labute approximate surface area is 150 Å². The topological polar surface area (TPSA) is 62.7 Å². The van der Waals surface area contributed by atoms with Crippen LogP contribution in [-0.4, -0.2) is 41.4 Å². The molecule has 130 valence electrons. The molecule has 0 atom stereocenters. The molecule has 2 aliphatic rings. The molecule has 0 saturated carbocycles. The standard InChI is InChI=1S/C18H19N3O3S/c1-12-4-5-15-14(8-12)21(17(22)10-24-15)9-16-19-13(11-25-16)18(23)20-6-2-3-7-20/h4-5,8,11H,2-3,6-7,9-10H2,1H3. The van der Waals surface area contributed by atoms with Crippen LogP contribution in [0.25, 0.3) is 0 Å². The second kappa shape index (κ2) is 6.48. The van der Waals surface area contributed by atoms with Gasteiger partial charge in [0, 0.05) is 18.5 Å². The van der Waals surface area contributed by atoms with Crippen LogP contribution in [0.4, 0.5) is 5.69 Å². The molecule has 1 aromatic heterocycles. The second-order valence-electron chi connectivity index (χ2n) is 6.37. The van der Waals surface area contributed by atoms with Crippen LogP contribution in [0.15, 0.2) is 23.6 Å². The van der Waals surface area contributed by atoms with Gasteiger partial charge in [0.15, 0.2) is 6.61 Å². The molecule has 2 aromatic rings. The predicted molar refractivity (Wildman–Crippen MR) is 95.1 cm³/mol. The van der Waals surface area contributed by atoms with E-state index in [1.807, 2.05) is 30.0 Å². The minimum atomic E-state index is -0.0966. The number of benzene rings is 1. The molecule has 4 rings (SSSR count). The third-order valence-electron chi connectivity index (χ3n) is 4.51. The normalized spacial score (nSPS) is 16.8. The van der Waals surface area contributed by atoms with E-state index in [0.29, 0.717) is 18.0 Å². The fourth-order valence-electron chi connectivity index (χ4n) is 3.18. The van der Waals surface area contributed by atoms with Gasteiger partial charge < -0.3 is 9.64 Å². The summed E-state index contributed by atoms with van der Waals surface area (Å²) in [6, 6.07) is 5.79. The van der Waals surface area contributed by atoms with Crippen molar-refractivity contribution in [2.75, 3.05) is 24.6 Å². The molecule has 0 N–H and O–H groups in total. The number of anilines is 1. The third-order valence-corrected chi connectivity index (χ3v) is 5.35. The minimum absolute atomic E-state index is 0.00968. The second-order valence-corrected chi connectivity index (χ2v) is 7.31. The van der Waals surface area contributed by atoms with E-state index in [2.05, 4.69) is 4.98 Å². The summed E-state index contributed by atoms with van der Waals surface area (Å²) in [5.74, 6) is 0.598. The monoisotopic (exact) mass is 357 g/mol. The van der Waals surface area contributed by atoms with E-state index in [1.165, 1.54) is 11.3 Å². The number of nitrogens with zero attached hydrogens (tertiary/aromatic N) is 3. The van der Waals surface area contributed by atoms with Crippen molar-refractivity contribution in [3.8, 4) is 5.75 Å². The lowest BCUT2D eigenvalue weighted by Crippen LogP contribution is -2.38. The Bertz CT molecular complexity index is 827. The summed E-state index contributed by atoms with van der Waals surface area (Å²) in [4.78, 5) is 32.8. The molecule has 1 aromatic carbocycles. The number of ether oxygens (including phenoxy) is 1. The molecule has 0 unspecified atom stereocenters. The van der Waals surface area contributed by atoms with Crippen molar-refractivity contribution < 1.29 is 14.3 Å². The van der Waals surface area contributed by atoms with E-state index >= 15 is 0 Å². The lowest BCUT2D eigenvalue weighted by Gasteiger charge is -2.29. The molecule has 3 heterocycles. The van der Waals surface area contributed by atoms with Crippen LogP contribution in [0.3, 0.4) is 0 Å². The fourth-order valence-corrected chi connectivity index (χ4v) is 3.94. The van der Waals surface area contributed by atoms with Crippen LogP contribution < -0.4 is 9.64 Å². The van der Waals surface area contributed by atoms with Crippen LogP contribution >= 0.6 is 11.3 Å². The van der Waals surface area contributed by atoms with Crippen molar-refractivity contribution in [1.82, 2.24) is 9.88 Å². The number of rotatable bonds is 3. The van der Waals surface area contributed by atoms with Crippen molar-refractivity contribution in [2.45, 2.75) is 26.3 Å². The average Bonchev–Trinajstić information content (AvgIpc) is 3.29. The van der Waals surface area contributed by atoms with Gasteiger partial charge >= 0.3 is 0 Å². The summed E-state index contributed by atoms with van der Waals surface area (Å²) in [6.45, 7) is 3.98. The summed E-state index contributed by atoms with van der Waals surface area (Å²) < 4.78 is 5.50. The molecule has 2 amide bonds. The molecule has 6 nitrogen and oxygen atoms in total. The van der Waals surface area contributed by atoms with Gasteiger partial charge in [0.05, 0.1) is 12.2 Å². The van der Waals surface area contributed by atoms with E-state index in [-0.39, 0.29) is 18.4 Å². The quantitative estimate of drug-likeness (QED) is 0.847. The Morgan fingerprint density at radius 3 is 2.92 bits per heavy atom. The molecule has 2 aliphatic heterocycles. The summed E-state index contributed by atoms with van der Waals surface area (Å²) in [5, 5.41) is 2.54. The number of hydrogen-bond acceptors (Lipinski definition) is 5. The Kier molecular flexibility index (Phi) is 4.17. The number of amides is 2. The van der Waals surface area contributed by atoms with Gasteiger partial charge in [-0.25, -0.2) is 4.98 Å². The number of aromatic nitrogens is 1. The van der Waals surface area contributed by atoms with Crippen molar-refractivity contribution in [3.63, 3.8) is 0 Å². The first-order chi connectivity index (χ1) is 12.1. The van der Waals surface area contributed by atoms with Crippen molar-refractivity contribution in [3.05, 3.63) is 39.8 Å². The highest BCUT2D eigenvalue weighted by Crippen LogP contribution is 2.34. The zero-order valence-electron chi connectivity index (χ0n) is 14.0. The van der Waals surface area contributed by atoms with E-state index in [0.717, 1.165) is 42.2 Å². The first-order valence-corrected chi connectivity index (χ1v) is 9.27. The average molecular weight is 357 g/mol. The first kappa shape index (κ1) is 16.1. The van der Waals surface area contributed by atoms with E-state index in [1.54, 1.807) is 10.3 Å². The summed E-state index contributed by atoms with van der Waals surface area (Å²) in [5.41, 5.74) is 2.30. The number of thiazole rings is 1. The Hall–Kier alpha value is -2.41. The Morgan fingerprint density at radius 1 is 1.32 bits per heavy atom. The highest BCUT2D eigenvalue weighted by atomic mass is 32.1. The molecule has 0 spiro atoms. The molecule has 0 bridgehead atoms. The smallest absolute Gasteiger partial charge is 0.273 e. The van der Waals surface area contributed by atoms with E-state index in [4.69, 9.17) is 4.74 Å². The summed E-state index contributed by atoms with van der Waals surface area (Å²) in [7, 11) is 0. The molecule has 1 fully saturated rings. The van der Waals surface area contributed by atoms with Crippen molar-refractivity contribution in [1.29, 1.82) is 0 Å². The lowest BCUT2D eigenvalue weighted by atomic mass is 10.1. The van der Waals surface area contributed by atoms with Gasteiger partial charge in [-0.05, 0) is 37.5 Å². The van der Waals surface area contributed by atoms with Gasteiger partial charge in [-0.15, -0.1) is 11.3 Å². The number of aryl methyl sites for hydroxylation is 1. The summed E-state index contributed by atoms with van der Waals surface area (Å²) in [6.07, 6.45) is 2.11. The fraction of sp³-hybridized carbons (Fsp3) is 0.389. The molecular weight excluding hydrogens is 338 g/mol. The highest BCUT2D eigenvalue weighted by Gasteiger charge is 2.27. The zero-order chi connectivity index (χ0) is 17.4. The van der Waals surface area contributed by atoms with E-state index in [9.17, 15) is 9.59 Å². The molecular formula is C18H19N3O3S. The van der Waals surface area contributed by atoms with Crippen molar-refractivity contribution >= 4 is 28.8 Å². The lowest BCUT2D eigenvalue weighted by molar-refractivity contribution is -0.121. The van der Waals surface area contributed by atoms with Crippen LogP contribution in [0.2, 0.25) is 0 Å². The largest absolute Gasteiger partial charge is 0.482 e. The molecule has 1 saturated heterocycles. The maximum absolute atomic E-state index is 12.4. The van der Waals surface area contributed by atoms with Crippen LogP contribution in [0, 0.1) is 6.92 Å². The van der Waals surface area contributed by atoms with Gasteiger partial charge in [0.1, 0.15) is 16.5 Å². The molecule has 7 heteroatoms. The number of fused-ring (bicyclic) bond motifs is 1. The minimum Gasteiger partial charge on any atom is -0.482 e. The molecule has 0 aliphatic carbocycles. The third kappa shape index (κ3) is 3.11. The Balaban J connectivity index is 1.55. The van der Waals surface area contributed by atoms with Gasteiger partial charge in [0.2, 0.25) is 0 Å². The number of hydrogen-bond donors (Lipinski definition) is 0. The molecule has 25 heavy (non-hydrogen) atoms. The summed E-state index contributed by atoms with van der Waals surface area (Å²) >= 11 is 1.42. The predicted octanol–water partition coefficient (Wildman–Crippen LogP) is 2.61. The first-order valence-electron chi connectivity index (χ1n) is 8.39. The van der Waals surface area contributed by atoms with Gasteiger partial charge in [-0.3, -0.25) is 14.5 Å². The maximum Gasteiger partial charge on any atom is 0.273 e. The highest BCUT2D eigenvalue weighted by molar-refractivity contribution is 7.09. The number of carbonyl (C=O) groups excluding carboxylic acids is 2.